The van der Waals surface area contributed by atoms with Gasteiger partial charge in [0.2, 0.25) is 0 Å². The second kappa shape index (κ2) is 8.96. The summed E-state index contributed by atoms with van der Waals surface area (Å²) in [6.45, 7) is 4.37. The van der Waals surface area contributed by atoms with E-state index in [1.165, 1.54) is 18.9 Å². The normalized spacial score (nSPS) is 10.5. The van der Waals surface area contributed by atoms with Gasteiger partial charge in [0, 0.05) is 11.6 Å². The van der Waals surface area contributed by atoms with E-state index in [-0.39, 0.29) is 18.3 Å². The van der Waals surface area contributed by atoms with Gasteiger partial charge >= 0.3 is 5.97 Å². The van der Waals surface area contributed by atoms with Crippen LogP contribution in [0, 0.1) is 0 Å². The van der Waals surface area contributed by atoms with Crippen molar-refractivity contribution < 1.29 is 14.3 Å². The zero-order valence-electron chi connectivity index (χ0n) is 12.9. The molecule has 0 aliphatic heterocycles. The number of hydrogen-bond donors (Lipinski definition) is 0. The Kier molecular flexibility index (Phi) is 6.96. The summed E-state index contributed by atoms with van der Waals surface area (Å²) >= 11 is 13.2. The molecule has 0 unspecified atom stereocenters. The molecule has 6 nitrogen and oxygen atoms in total. The van der Waals surface area contributed by atoms with Crippen molar-refractivity contribution in [2.24, 2.45) is 0 Å². The van der Waals surface area contributed by atoms with E-state index in [0.717, 1.165) is 0 Å². The van der Waals surface area contributed by atoms with Crippen molar-refractivity contribution in [3.63, 3.8) is 0 Å². The number of methoxy groups -OCH3 is 1. The summed E-state index contributed by atoms with van der Waals surface area (Å²) in [6.07, 6.45) is 1.71. The SMILES string of the molecule is C=CCn1c(COc2ccc(Cl)cc2Cl)nnc1SCC(=O)OC. The minimum absolute atomic E-state index is 0.148. The van der Waals surface area contributed by atoms with Crippen molar-refractivity contribution in [3.8, 4) is 5.75 Å². The van der Waals surface area contributed by atoms with Crippen LogP contribution in [0.3, 0.4) is 0 Å². The van der Waals surface area contributed by atoms with Gasteiger partial charge in [0.15, 0.2) is 11.0 Å². The Hall–Kier alpha value is -1.70. The summed E-state index contributed by atoms with van der Waals surface area (Å²) in [5.41, 5.74) is 0. The molecule has 0 radical (unpaired) electrons. The van der Waals surface area contributed by atoms with E-state index < -0.39 is 0 Å². The molecule has 0 saturated carbocycles. The van der Waals surface area contributed by atoms with Crippen LogP contribution in [0.5, 0.6) is 5.75 Å². The lowest BCUT2D eigenvalue weighted by Gasteiger charge is -2.10. The van der Waals surface area contributed by atoms with Crippen LogP contribution >= 0.6 is 35.0 Å². The average molecular weight is 388 g/mol. The van der Waals surface area contributed by atoms with Gasteiger partial charge in [-0.25, -0.2) is 0 Å². The number of esters is 1. The maximum Gasteiger partial charge on any atom is 0.316 e. The van der Waals surface area contributed by atoms with Crippen molar-refractivity contribution in [3.05, 3.63) is 46.7 Å². The summed E-state index contributed by atoms with van der Waals surface area (Å²) in [6, 6.07) is 4.98. The highest BCUT2D eigenvalue weighted by Gasteiger charge is 2.14. The molecule has 2 aromatic rings. The highest BCUT2D eigenvalue weighted by Crippen LogP contribution is 2.28. The van der Waals surface area contributed by atoms with Crippen LogP contribution in [-0.2, 0) is 22.7 Å². The Morgan fingerprint density at radius 3 is 2.88 bits per heavy atom. The van der Waals surface area contributed by atoms with Gasteiger partial charge in [-0.3, -0.25) is 9.36 Å². The summed E-state index contributed by atoms with van der Waals surface area (Å²) in [4.78, 5) is 11.3. The van der Waals surface area contributed by atoms with Crippen molar-refractivity contribution >= 4 is 40.9 Å². The van der Waals surface area contributed by atoms with E-state index in [2.05, 4.69) is 21.5 Å². The third-order valence-electron chi connectivity index (χ3n) is 2.90. The number of rotatable bonds is 8. The van der Waals surface area contributed by atoms with Gasteiger partial charge in [0.05, 0.1) is 17.9 Å². The number of carbonyl (C=O) groups excluding carboxylic acids is 1. The van der Waals surface area contributed by atoms with Gasteiger partial charge < -0.3 is 9.47 Å². The molecule has 0 fully saturated rings. The van der Waals surface area contributed by atoms with Crippen LogP contribution in [0.25, 0.3) is 0 Å². The Balaban J connectivity index is 2.10. The number of allylic oxidation sites excluding steroid dienone is 1. The monoisotopic (exact) mass is 387 g/mol. The fraction of sp³-hybridized carbons (Fsp3) is 0.267. The summed E-state index contributed by atoms with van der Waals surface area (Å²) in [7, 11) is 1.34. The Morgan fingerprint density at radius 1 is 1.42 bits per heavy atom. The summed E-state index contributed by atoms with van der Waals surface area (Å²) < 4.78 is 12.1. The maximum atomic E-state index is 11.3. The predicted molar refractivity (Wildman–Crippen MR) is 93.8 cm³/mol. The van der Waals surface area contributed by atoms with Crippen LogP contribution in [0.1, 0.15) is 5.82 Å². The molecule has 9 heteroatoms. The van der Waals surface area contributed by atoms with Crippen LogP contribution in [0.4, 0.5) is 0 Å². The Morgan fingerprint density at radius 2 is 2.21 bits per heavy atom. The lowest BCUT2D eigenvalue weighted by molar-refractivity contribution is -0.137. The van der Waals surface area contributed by atoms with E-state index in [9.17, 15) is 4.79 Å². The highest BCUT2D eigenvalue weighted by atomic mass is 35.5. The fourth-order valence-corrected chi connectivity index (χ4v) is 3.02. The lowest BCUT2D eigenvalue weighted by atomic mass is 10.3. The molecule has 0 aliphatic rings. The van der Waals surface area contributed by atoms with Gasteiger partial charge in [-0.1, -0.05) is 41.0 Å². The average Bonchev–Trinajstić information content (AvgIpc) is 2.94. The van der Waals surface area contributed by atoms with E-state index >= 15 is 0 Å². The molecule has 0 spiro atoms. The molecule has 1 aromatic heterocycles. The quantitative estimate of drug-likeness (QED) is 0.391. The second-order valence-electron chi connectivity index (χ2n) is 4.53. The van der Waals surface area contributed by atoms with Gasteiger partial charge in [-0.05, 0) is 18.2 Å². The Bertz CT molecular complexity index is 737. The minimum atomic E-state index is -0.334. The lowest BCUT2D eigenvalue weighted by Crippen LogP contribution is -2.09. The third kappa shape index (κ3) is 4.90. The molecule has 0 bridgehead atoms. The molecule has 0 atom stereocenters. The molecule has 0 amide bonds. The van der Waals surface area contributed by atoms with E-state index in [4.69, 9.17) is 27.9 Å². The topological polar surface area (TPSA) is 66.2 Å². The fourth-order valence-electron chi connectivity index (χ4n) is 1.76. The van der Waals surface area contributed by atoms with E-state index in [1.807, 2.05) is 4.57 Å². The van der Waals surface area contributed by atoms with Gasteiger partial charge in [-0.2, -0.15) is 0 Å². The van der Waals surface area contributed by atoms with Crippen LogP contribution in [0.2, 0.25) is 10.0 Å². The van der Waals surface area contributed by atoms with Crippen LogP contribution in [-0.4, -0.2) is 33.6 Å². The number of thioether (sulfide) groups is 1. The summed E-state index contributed by atoms with van der Waals surface area (Å²) in [5.74, 6) is 0.903. The first-order valence-electron chi connectivity index (χ1n) is 6.85. The molecule has 1 aromatic carbocycles. The minimum Gasteiger partial charge on any atom is -0.484 e. The Labute approximate surface area is 153 Å². The predicted octanol–water partition coefficient (Wildman–Crippen LogP) is 3.62. The zero-order valence-corrected chi connectivity index (χ0v) is 15.2. The van der Waals surface area contributed by atoms with E-state index in [1.54, 1.807) is 24.3 Å². The van der Waals surface area contributed by atoms with Crippen molar-refractivity contribution in [2.45, 2.75) is 18.3 Å². The standard InChI is InChI=1S/C15H15Cl2N3O3S/c1-3-6-20-13(18-19-15(20)24-9-14(21)22-2)8-23-12-5-4-10(16)7-11(12)17/h3-5,7H,1,6,8-9H2,2H3. The molecule has 0 saturated heterocycles. The smallest absolute Gasteiger partial charge is 0.316 e. The van der Waals surface area contributed by atoms with Crippen molar-refractivity contribution in [2.75, 3.05) is 12.9 Å². The van der Waals surface area contributed by atoms with Gasteiger partial charge in [0.1, 0.15) is 12.4 Å². The molecular formula is C15H15Cl2N3O3S. The molecular weight excluding hydrogens is 373 g/mol. The first-order chi connectivity index (χ1) is 11.5. The number of benzene rings is 1. The number of halogens is 2. The van der Waals surface area contributed by atoms with Crippen molar-refractivity contribution in [1.82, 2.24) is 14.8 Å². The van der Waals surface area contributed by atoms with Gasteiger partial charge in [-0.15, -0.1) is 16.8 Å². The third-order valence-corrected chi connectivity index (χ3v) is 4.37. The maximum absolute atomic E-state index is 11.3. The largest absolute Gasteiger partial charge is 0.484 e. The molecule has 0 aliphatic carbocycles. The molecule has 128 valence electrons. The first-order valence-corrected chi connectivity index (χ1v) is 8.59. The molecule has 1 heterocycles. The molecule has 2 rings (SSSR count). The number of nitrogens with zero attached hydrogens (tertiary/aromatic N) is 3. The van der Waals surface area contributed by atoms with Crippen LogP contribution < -0.4 is 4.74 Å². The van der Waals surface area contributed by atoms with Gasteiger partial charge in [0.25, 0.3) is 0 Å². The van der Waals surface area contributed by atoms with Crippen molar-refractivity contribution in [1.29, 1.82) is 0 Å². The van der Waals surface area contributed by atoms with E-state index in [0.29, 0.717) is 33.3 Å². The summed E-state index contributed by atoms with van der Waals surface area (Å²) in [5, 5.41) is 9.70. The number of carbonyl (C=O) groups is 1. The second-order valence-corrected chi connectivity index (χ2v) is 6.31. The number of aromatic nitrogens is 3. The highest BCUT2D eigenvalue weighted by molar-refractivity contribution is 7.99. The molecule has 24 heavy (non-hydrogen) atoms. The molecule has 0 N–H and O–H groups in total. The van der Waals surface area contributed by atoms with Crippen LogP contribution in [0.15, 0.2) is 36.0 Å². The number of ether oxygens (including phenoxy) is 2. The zero-order chi connectivity index (χ0) is 17.5. The first kappa shape index (κ1) is 18.6. The number of hydrogen-bond acceptors (Lipinski definition) is 6.